The molecular weight excluding hydrogens is 380 g/mol. The van der Waals surface area contributed by atoms with Gasteiger partial charge in [0.25, 0.3) is 5.06 Å². The van der Waals surface area contributed by atoms with Crippen LogP contribution in [0.3, 0.4) is 0 Å². The summed E-state index contributed by atoms with van der Waals surface area (Å²) in [5.74, 6) is -0.603. The highest BCUT2D eigenvalue weighted by Crippen LogP contribution is 2.51. The molecule has 0 saturated heterocycles. The number of esters is 1. The van der Waals surface area contributed by atoms with Crippen molar-refractivity contribution in [2.24, 2.45) is 0 Å². The van der Waals surface area contributed by atoms with E-state index in [2.05, 4.69) is 4.98 Å². The number of cyclic esters (lactones) is 1. The van der Waals surface area contributed by atoms with Crippen molar-refractivity contribution in [1.82, 2.24) is 4.98 Å². The Hall–Kier alpha value is -1.39. The second kappa shape index (κ2) is 5.05. The van der Waals surface area contributed by atoms with Gasteiger partial charge in [0, 0.05) is 5.52 Å². The van der Waals surface area contributed by atoms with Crippen molar-refractivity contribution >= 4 is 63.3 Å². The summed E-state index contributed by atoms with van der Waals surface area (Å²) in [4.78, 5) is 15.4. The molecule has 0 bridgehead atoms. The van der Waals surface area contributed by atoms with Crippen LogP contribution < -0.4 is 0 Å². The Morgan fingerprint density at radius 3 is 2.52 bits per heavy atom. The first-order chi connectivity index (χ1) is 10.9. The molecular formula is C16H7Cl4NO2. The molecule has 23 heavy (non-hydrogen) atoms. The number of nitrogens with one attached hydrogen (secondary N) is 1. The van der Waals surface area contributed by atoms with Gasteiger partial charge >= 0.3 is 5.97 Å². The Kier molecular flexibility index (Phi) is 3.33. The van der Waals surface area contributed by atoms with Crippen LogP contribution >= 0.6 is 46.4 Å². The van der Waals surface area contributed by atoms with E-state index in [0.29, 0.717) is 11.3 Å². The van der Waals surface area contributed by atoms with Gasteiger partial charge in [-0.15, -0.1) is 0 Å². The smallest absolute Gasteiger partial charge is 0.341 e. The summed E-state index contributed by atoms with van der Waals surface area (Å²) in [5.41, 5.74) is 1.86. The Labute approximate surface area is 151 Å². The van der Waals surface area contributed by atoms with Crippen LogP contribution in [0.25, 0.3) is 10.9 Å². The molecule has 0 aliphatic carbocycles. The van der Waals surface area contributed by atoms with Crippen molar-refractivity contribution in [1.29, 1.82) is 0 Å². The fourth-order valence-electron chi connectivity index (χ4n) is 2.74. The molecule has 0 radical (unpaired) electrons. The van der Waals surface area contributed by atoms with E-state index in [-0.39, 0.29) is 20.6 Å². The first-order valence-corrected chi connectivity index (χ1v) is 8.11. The second-order valence-electron chi connectivity index (χ2n) is 5.16. The highest BCUT2D eigenvalue weighted by molar-refractivity contribution is 6.49. The first-order valence-electron chi connectivity index (χ1n) is 6.60. The molecule has 2 aromatic carbocycles. The number of fused-ring (bicyclic) bond motifs is 2. The molecule has 1 atom stereocenters. The van der Waals surface area contributed by atoms with Crippen molar-refractivity contribution in [2.45, 2.75) is 5.06 Å². The van der Waals surface area contributed by atoms with Crippen LogP contribution in [0.2, 0.25) is 15.1 Å². The fourth-order valence-corrected chi connectivity index (χ4v) is 3.89. The Morgan fingerprint density at radius 2 is 1.78 bits per heavy atom. The fraction of sp³-hybridized carbons (Fsp3) is 0.0625. The van der Waals surface area contributed by atoms with Crippen LogP contribution in [0.1, 0.15) is 21.6 Å². The number of carbonyl (C=O) groups excluding carboxylic acids is 1. The molecule has 7 heteroatoms. The molecule has 1 aliphatic heterocycles. The van der Waals surface area contributed by atoms with Crippen LogP contribution in [0.15, 0.2) is 36.4 Å². The zero-order chi connectivity index (χ0) is 16.4. The lowest BCUT2D eigenvalue weighted by Gasteiger charge is -2.21. The number of ether oxygens (including phenoxy) is 1. The van der Waals surface area contributed by atoms with E-state index in [1.807, 2.05) is 30.3 Å². The summed E-state index contributed by atoms with van der Waals surface area (Å²) in [5, 5.41) is -0.232. The molecule has 3 aromatic rings. The molecule has 0 fully saturated rings. The van der Waals surface area contributed by atoms with Gasteiger partial charge in [-0.3, -0.25) is 0 Å². The van der Waals surface area contributed by atoms with E-state index in [1.165, 1.54) is 6.07 Å². The van der Waals surface area contributed by atoms with Gasteiger partial charge in [0.1, 0.15) is 0 Å². The van der Waals surface area contributed by atoms with Gasteiger partial charge in [-0.1, -0.05) is 64.6 Å². The maximum atomic E-state index is 12.2. The predicted octanol–water partition coefficient (Wildman–Crippen LogP) is 5.74. The minimum atomic E-state index is -1.57. The van der Waals surface area contributed by atoms with Gasteiger partial charge in [0.05, 0.1) is 31.9 Å². The minimum absolute atomic E-state index is 0.105. The van der Waals surface area contributed by atoms with Crippen molar-refractivity contribution in [3.8, 4) is 0 Å². The molecule has 0 amide bonds. The van der Waals surface area contributed by atoms with Crippen LogP contribution in [0.4, 0.5) is 0 Å². The molecule has 0 spiro atoms. The van der Waals surface area contributed by atoms with Gasteiger partial charge in [-0.2, -0.15) is 0 Å². The lowest BCUT2D eigenvalue weighted by Crippen LogP contribution is -2.21. The lowest BCUT2D eigenvalue weighted by atomic mass is 10.0. The number of rotatable bonds is 1. The molecule has 4 rings (SSSR count). The van der Waals surface area contributed by atoms with Crippen LogP contribution in [0.5, 0.6) is 0 Å². The third kappa shape index (κ3) is 2.08. The Morgan fingerprint density at radius 1 is 1.04 bits per heavy atom. The van der Waals surface area contributed by atoms with Gasteiger partial charge in [0.2, 0.25) is 0 Å². The second-order valence-corrected chi connectivity index (χ2v) is 6.86. The Bertz CT molecular complexity index is 949. The van der Waals surface area contributed by atoms with Crippen LogP contribution in [-0.4, -0.2) is 11.0 Å². The van der Waals surface area contributed by atoms with Gasteiger partial charge < -0.3 is 9.72 Å². The number of alkyl halides is 1. The number of H-pyrrole nitrogens is 1. The maximum absolute atomic E-state index is 12.2. The van der Waals surface area contributed by atoms with Crippen molar-refractivity contribution in [2.75, 3.05) is 0 Å². The Balaban J connectivity index is 2.01. The number of halogens is 4. The first kappa shape index (κ1) is 15.2. The molecule has 3 nitrogen and oxygen atoms in total. The van der Waals surface area contributed by atoms with E-state index in [9.17, 15) is 4.79 Å². The van der Waals surface area contributed by atoms with E-state index in [0.717, 1.165) is 10.9 Å². The molecule has 1 aliphatic rings. The summed E-state index contributed by atoms with van der Waals surface area (Å²) in [6.07, 6.45) is 0. The quantitative estimate of drug-likeness (QED) is 0.329. The van der Waals surface area contributed by atoms with E-state index < -0.39 is 11.0 Å². The largest absolute Gasteiger partial charge is 0.429 e. The SMILES string of the molecule is O=C1OC(Cl)(c2cc3ccccc3[nH]2)c2c1cc(Cl)c(Cl)c2Cl. The van der Waals surface area contributed by atoms with Crippen molar-refractivity contribution in [3.63, 3.8) is 0 Å². The van der Waals surface area contributed by atoms with Gasteiger partial charge in [-0.05, 0) is 23.6 Å². The molecule has 1 N–H and O–H groups in total. The predicted molar refractivity (Wildman–Crippen MR) is 91.8 cm³/mol. The highest BCUT2D eigenvalue weighted by Gasteiger charge is 2.49. The third-order valence-corrected chi connectivity index (χ3v) is 5.55. The van der Waals surface area contributed by atoms with Crippen molar-refractivity contribution < 1.29 is 9.53 Å². The number of para-hydroxylation sites is 1. The number of aromatic amines is 1. The highest BCUT2D eigenvalue weighted by atomic mass is 35.5. The van der Waals surface area contributed by atoms with E-state index in [1.54, 1.807) is 0 Å². The molecule has 1 unspecified atom stereocenters. The van der Waals surface area contributed by atoms with E-state index >= 15 is 0 Å². The molecule has 1 aromatic heterocycles. The zero-order valence-corrected chi connectivity index (χ0v) is 14.3. The number of hydrogen-bond donors (Lipinski definition) is 1. The molecule has 2 heterocycles. The van der Waals surface area contributed by atoms with Gasteiger partial charge in [0.15, 0.2) is 0 Å². The molecule has 116 valence electrons. The zero-order valence-electron chi connectivity index (χ0n) is 11.3. The average molecular weight is 387 g/mol. The number of carbonyl (C=O) groups is 1. The lowest BCUT2D eigenvalue weighted by molar-refractivity contribution is 0.0358. The van der Waals surface area contributed by atoms with E-state index in [4.69, 9.17) is 51.1 Å². The molecule has 0 saturated carbocycles. The summed E-state index contributed by atoms with van der Waals surface area (Å²) >= 11 is 25.1. The van der Waals surface area contributed by atoms with Crippen molar-refractivity contribution in [3.05, 3.63) is 68.3 Å². The third-order valence-electron chi connectivity index (χ3n) is 3.81. The number of aromatic nitrogens is 1. The maximum Gasteiger partial charge on any atom is 0.341 e. The topological polar surface area (TPSA) is 42.1 Å². The monoisotopic (exact) mass is 385 g/mol. The standard InChI is InChI=1S/C16H7Cl4NO2/c17-9-6-8-12(14(19)13(9)18)16(20,23-15(8)22)11-5-7-3-1-2-4-10(7)21-11/h1-6,21H. The number of hydrogen-bond acceptors (Lipinski definition) is 2. The average Bonchev–Trinajstić information content (AvgIpc) is 3.06. The summed E-state index contributed by atoms with van der Waals surface area (Å²) in [6, 6.07) is 10.8. The van der Waals surface area contributed by atoms with Gasteiger partial charge in [-0.25, -0.2) is 4.79 Å². The van der Waals surface area contributed by atoms with Crippen LogP contribution in [-0.2, 0) is 9.80 Å². The summed E-state index contributed by atoms with van der Waals surface area (Å²) in [6.45, 7) is 0. The van der Waals surface area contributed by atoms with Crippen LogP contribution in [0, 0.1) is 0 Å². The summed E-state index contributed by atoms with van der Waals surface area (Å²) in [7, 11) is 0. The summed E-state index contributed by atoms with van der Waals surface area (Å²) < 4.78 is 5.42. The number of benzene rings is 2. The normalized spacial score (nSPS) is 19.9. The minimum Gasteiger partial charge on any atom is -0.429 e.